The minimum atomic E-state index is -0.0991. The number of carbonyl (C=O) groups is 1. The molecule has 0 aliphatic carbocycles. The first kappa shape index (κ1) is 19.5. The maximum absolute atomic E-state index is 11.3. The van der Waals surface area contributed by atoms with Crippen molar-refractivity contribution in [3.63, 3.8) is 0 Å². The lowest BCUT2D eigenvalue weighted by Gasteiger charge is -2.10. The molecular weight excluding hydrogens is 398 g/mol. The van der Waals surface area contributed by atoms with E-state index in [0.29, 0.717) is 0 Å². The van der Waals surface area contributed by atoms with E-state index in [0.717, 1.165) is 45.0 Å². The van der Waals surface area contributed by atoms with Gasteiger partial charge in [0.05, 0.1) is 5.39 Å². The van der Waals surface area contributed by atoms with Crippen molar-refractivity contribution in [2.45, 2.75) is 6.92 Å². The Morgan fingerprint density at radius 3 is 2.16 bits per heavy atom. The van der Waals surface area contributed by atoms with Gasteiger partial charge in [0.1, 0.15) is 12.1 Å². The molecule has 6 nitrogen and oxygen atoms in total. The van der Waals surface area contributed by atoms with E-state index in [1.54, 1.807) is 6.33 Å². The minimum Gasteiger partial charge on any atom is -0.340 e. The summed E-state index contributed by atoms with van der Waals surface area (Å²) in [6.45, 7) is 1.49. The molecule has 0 aliphatic heterocycles. The fourth-order valence-electron chi connectivity index (χ4n) is 3.76. The first-order valence-corrected chi connectivity index (χ1v) is 10.3. The molecule has 0 spiro atoms. The van der Waals surface area contributed by atoms with Crippen LogP contribution in [0.3, 0.4) is 0 Å². The highest BCUT2D eigenvalue weighted by Gasteiger charge is 2.17. The molecule has 1 amide bonds. The van der Waals surface area contributed by atoms with Gasteiger partial charge in [0, 0.05) is 35.7 Å². The summed E-state index contributed by atoms with van der Waals surface area (Å²) in [4.78, 5) is 20.5. The maximum atomic E-state index is 11.3. The number of anilines is 3. The highest BCUT2D eigenvalue weighted by molar-refractivity contribution is 6.03. The van der Waals surface area contributed by atoms with Gasteiger partial charge in [0.25, 0.3) is 0 Å². The third-order valence-electron chi connectivity index (χ3n) is 5.17. The molecule has 0 aliphatic rings. The number of rotatable bonds is 5. The number of amides is 1. The van der Waals surface area contributed by atoms with Crippen molar-refractivity contribution < 1.29 is 4.79 Å². The molecule has 0 fully saturated rings. The Labute approximate surface area is 185 Å². The van der Waals surface area contributed by atoms with E-state index in [9.17, 15) is 4.79 Å². The lowest BCUT2D eigenvalue weighted by atomic mass is 10.1. The van der Waals surface area contributed by atoms with Gasteiger partial charge in [-0.2, -0.15) is 0 Å². The van der Waals surface area contributed by atoms with Gasteiger partial charge in [-0.05, 0) is 42.0 Å². The van der Waals surface area contributed by atoms with Gasteiger partial charge in [-0.15, -0.1) is 0 Å². The van der Waals surface area contributed by atoms with Gasteiger partial charge in [0.15, 0.2) is 5.65 Å². The number of carbonyl (C=O) groups excluding carboxylic acids is 1. The summed E-state index contributed by atoms with van der Waals surface area (Å²) in [6.07, 6.45) is 3.68. The number of fused-ring (bicyclic) bond motifs is 1. The lowest BCUT2D eigenvalue weighted by molar-refractivity contribution is -0.114. The van der Waals surface area contributed by atoms with E-state index in [1.165, 1.54) is 6.92 Å². The highest BCUT2D eigenvalue weighted by Crippen LogP contribution is 2.36. The molecular formula is C26H21N5O. The van der Waals surface area contributed by atoms with Gasteiger partial charge in [-0.25, -0.2) is 9.97 Å². The third-order valence-corrected chi connectivity index (χ3v) is 5.17. The van der Waals surface area contributed by atoms with E-state index in [1.807, 2.05) is 60.7 Å². The van der Waals surface area contributed by atoms with Gasteiger partial charge in [0.2, 0.25) is 5.91 Å². The molecule has 2 heterocycles. The zero-order valence-corrected chi connectivity index (χ0v) is 17.5. The second-order valence-electron chi connectivity index (χ2n) is 7.42. The van der Waals surface area contributed by atoms with Crippen LogP contribution in [0.1, 0.15) is 6.92 Å². The predicted octanol–water partition coefficient (Wildman–Crippen LogP) is 5.79. The van der Waals surface area contributed by atoms with Crippen LogP contribution in [0.4, 0.5) is 17.2 Å². The monoisotopic (exact) mass is 419 g/mol. The quantitative estimate of drug-likeness (QED) is 0.378. The second kappa shape index (κ2) is 8.35. The van der Waals surface area contributed by atoms with Gasteiger partial charge < -0.3 is 15.2 Å². The average Bonchev–Trinajstić information content (AvgIpc) is 3.22. The largest absolute Gasteiger partial charge is 0.340 e. The average molecular weight is 419 g/mol. The standard InChI is InChI=1S/C26H21N5O/c1-18(32)29-20-12-14-21(15-13-20)30-25-24-23(19-8-4-2-5-9-19)16-31(26(24)28-17-27-25)22-10-6-3-7-11-22/h2-17H,1H3,(H,29,32)(H,27,28,30). The molecule has 2 aromatic heterocycles. The molecule has 5 rings (SSSR count). The van der Waals surface area contributed by atoms with E-state index >= 15 is 0 Å². The summed E-state index contributed by atoms with van der Waals surface area (Å²) >= 11 is 0. The third kappa shape index (κ3) is 3.81. The van der Waals surface area contributed by atoms with Gasteiger partial charge in [-0.1, -0.05) is 48.5 Å². The van der Waals surface area contributed by atoms with Gasteiger partial charge >= 0.3 is 0 Å². The fraction of sp³-hybridized carbons (Fsp3) is 0.0385. The van der Waals surface area contributed by atoms with Crippen molar-refractivity contribution in [3.05, 3.63) is 97.5 Å². The summed E-state index contributed by atoms with van der Waals surface area (Å²) in [5.41, 5.74) is 5.60. The summed E-state index contributed by atoms with van der Waals surface area (Å²) < 4.78 is 2.09. The Morgan fingerprint density at radius 1 is 0.812 bits per heavy atom. The van der Waals surface area contributed by atoms with Crippen LogP contribution in [0.15, 0.2) is 97.5 Å². The molecule has 2 N–H and O–H groups in total. The molecule has 3 aromatic carbocycles. The zero-order valence-electron chi connectivity index (χ0n) is 17.5. The number of hydrogen-bond donors (Lipinski definition) is 2. The van der Waals surface area contributed by atoms with E-state index in [4.69, 9.17) is 0 Å². The summed E-state index contributed by atoms with van der Waals surface area (Å²) in [5, 5.41) is 7.15. The first-order chi connectivity index (χ1) is 15.7. The molecule has 0 atom stereocenters. The Balaban J connectivity index is 1.63. The van der Waals surface area contributed by atoms with Crippen molar-refractivity contribution in [3.8, 4) is 16.8 Å². The number of benzene rings is 3. The molecule has 0 unspecified atom stereocenters. The molecule has 32 heavy (non-hydrogen) atoms. The van der Waals surface area contributed by atoms with Crippen molar-refractivity contribution in [1.29, 1.82) is 0 Å². The second-order valence-corrected chi connectivity index (χ2v) is 7.42. The summed E-state index contributed by atoms with van der Waals surface area (Å²) in [7, 11) is 0. The Morgan fingerprint density at radius 2 is 1.47 bits per heavy atom. The maximum Gasteiger partial charge on any atom is 0.221 e. The van der Waals surface area contributed by atoms with Crippen LogP contribution in [0.2, 0.25) is 0 Å². The number of aromatic nitrogens is 3. The Kier molecular flexibility index (Phi) is 5.09. The predicted molar refractivity (Wildman–Crippen MR) is 128 cm³/mol. The molecule has 0 radical (unpaired) electrons. The molecule has 0 saturated carbocycles. The fourth-order valence-corrected chi connectivity index (χ4v) is 3.76. The van der Waals surface area contributed by atoms with E-state index in [2.05, 4.69) is 55.6 Å². The Hall–Kier alpha value is -4.45. The number of hydrogen-bond acceptors (Lipinski definition) is 4. The Bertz CT molecular complexity index is 1380. The number of nitrogens with one attached hydrogen (secondary N) is 2. The number of para-hydroxylation sites is 1. The van der Waals surface area contributed by atoms with Crippen LogP contribution >= 0.6 is 0 Å². The van der Waals surface area contributed by atoms with Crippen molar-refractivity contribution >= 4 is 34.1 Å². The van der Waals surface area contributed by atoms with Crippen molar-refractivity contribution in [2.75, 3.05) is 10.6 Å². The van der Waals surface area contributed by atoms with Crippen LogP contribution in [-0.4, -0.2) is 20.4 Å². The zero-order chi connectivity index (χ0) is 21.9. The van der Waals surface area contributed by atoms with Gasteiger partial charge in [-0.3, -0.25) is 4.79 Å². The molecule has 0 bridgehead atoms. The highest BCUT2D eigenvalue weighted by atomic mass is 16.1. The van der Waals surface area contributed by atoms with Crippen LogP contribution < -0.4 is 10.6 Å². The minimum absolute atomic E-state index is 0.0991. The molecule has 6 heteroatoms. The molecule has 156 valence electrons. The first-order valence-electron chi connectivity index (χ1n) is 10.3. The molecule has 5 aromatic rings. The smallest absolute Gasteiger partial charge is 0.221 e. The SMILES string of the molecule is CC(=O)Nc1ccc(Nc2ncnc3c2c(-c2ccccc2)cn3-c2ccccc2)cc1. The van der Waals surface area contributed by atoms with Crippen LogP contribution in [0, 0.1) is 0 Å². The van der Waals surface area contributed by atoms with E-state index < -0.39 is 0 Å². The van der Waals surface area contributed by atoms with Crippen LogP contribution in [-0.2, 0) is 4.79 Å². The van der Waals surface area contributed by atoms with Crippen molar-refractivity contribution in [1.82, 2.24) is 14.5 Å². The van der Waals surface area contributed by atoms with Crippen LogP contribution in [0.25, 0.3) is 27.8 Å². The topological polar surface area (TPSA) is 71.8 Å². The summed E-state index contributed by atoms with van der Waals surface area (Å²) in [5.74, 6) is 0.619. The van der Waals surface area contributed by atoms with Crippen molar-refractivity contribution in [2.24, 2.45) is 0 Å². The van der Waals surface area contributed by atoms with E-state index in [-0.39, 0.29) is 5.91 Å². The molecule has 0 saturated heterocycles. The van der Waals surface area contributed by atoms with Crippen LogP contribution in [0.5, 0.6) is 0 Å². The number of nitrogens with zero attached hydrogens (tertiary/aromatic N) is 3. The normalized spacial score (nSPS) is 10.8. The summed E-state index contributed by atoms with van der Waals surface area (Å²) in [6, 6.07) is 27.9. The lowest BCUT2D eigenvalue weighted by Crippen LogP contribution is -2.05.